The zero-order valence-electron chi connectivity index (χ0n) is 17.5. The van der Waals surface area contributed by atoms with Gasteiger partial charge in [-0.3, -0.25) is 4.79 Å². The standard InChI is InChI=1S/C22H29N5OS/c1-4-13-27-18-12-7-6-11-17(18)19-20(27)23-22(25-24-19)29-15(3)21(28)26-14-9-8-10-16(26)5-2/h6-7,11-12,15-16H,4-5,8-10,13-14H2,1-3H3. The number of hydrogen-bond acceptors (Lipinski definition) is 5. The van der Waals surface area contributed by atoms with Gasteiger partial charge in [0.25, 0.3) is 0 Å². The molecule has 3 heterocycles. The molecule has 6 nitrogen and oxygen atoms in total. The van der Waals surface area contributed by atoms with E-state index in [0.717, 1.165) is 60.8 Å². The van der Waals surface area contributed by atoms with Crippen LogP contribution in [0, 0.1) is 0 Å². The summed E-state index contributed by atoms with van der Waals surface area (Å²) in [6.07, 6.45) is 5.46. The fraction of sp³-hybridized carbons (Fsp3) is 0.545. The van der Waals surface area contributed by atoms with Gasteiger partial charge < -0.3 is 9.47 Å². The lowest BCUT2D eigenvalue weighted by molar-refractivity contribution is -0.134. The van der Waals surface area contributed by atoms with Gasteiger partial charge in [-0.15, -0.1) is 10.2 Å². The van der Waals surface area contributed by atoms with Crippen LogP contribution in [-0.2, 0) is 11.3 Å². The van der Waals surface area contributed by atoms with E-state index in [1.54, 1.807) is 0 Å². The number of amides is 1. The molecule has 154 valence electrons. The summed E-state index contributed by atoms with van der Waals surface area (Å²) in [5.41, 5.74) is 2.82. The van der Waals surface area contributed by atoms with E-state index in [-0.39, 0.29) is 11.2 Å². The number of aromatic nitrogens is 4. The highest BCUT2D eigenvalue weighted by atomic mass is 32.2. The Balaban J connectivity index is 1.61. The lowest BCUT2D eigenvalue weighted by Gasteiger charge is -2.36. The van der Waals surface area contributed by atoms with Crippen molar-refractivity contribution in [3.8, 4) is 0 Å². The molecule has 0 bridgehead atoms. The minimum absolute atomic E-state index is 0.194. The van der Waals surface area contributed by atoms with Gasteiger partial charge in [-0.25, -0.2) is 4.98 Å². The van der Waals surface area contributed by atoms with Crippen molar-refractivity contribution in [2.24, 2.45) is 0 Å². The number of nitrogens with zero attached hydrogens (tertiary/aromatic N) is 5. The summed E-state index contributed by atoms with van der Waals surface area (Å²) in [4.78, 5) is 20.0. The Bertz CT molecular complexity index is 1020. The van der Waals surface area contributed by atoms with E-state index in [9.17, 15) is 4.79 Å². The Labute approximate surface area is 176 Å². The highest BCUT2D eigenvalue weighted by molar-refractivity contribution is 8.00. The van der Waals surface area contributed by atoms with Gasteiger partial charge in [0.05, 0.1) is 10.8 Å². The summed E-state index contributed by atoms with van der Waals surface area (Å²) >= 11 is 1.42. The Kier molecular flexibility index (Phi) is 6.04. The zero-order chi connectivity index (χ0) is 20.4. The van der Waals surface area contributed by atoms with E-state index in [4.69, 9.17) is 4.98 Å². The van der Waals surface area contributed by atoms with Gasteiger partial charge >= 0.3 is 0 Å². The number of piperidine rings is 1. The van der Waals surface area contributed by atoms with Crippen LogP contribution in [0.5, 0.6) is 0 Å². The maximum absolute atomic E-state index is 13.1. The number of hydrogen-bond donors (Lipinski definition) is 0. The summed E-state index contributed by atoms with van der Waals surface area (Å²) in [5, 5.41) is 10.3. The molecule has 0 saturated carbocycles. The summed E-state index contributed by atoms with van der Waals surface area (Å²) in [5.74, 6) is 0.194. The number of likely N-dealkylation sites (tertiary alicyclic amines) is 1. The van der Waals surface area contributed by atoms with Gasteiger partial charge in [0.2, 0.25) is 11.1 Å². The predicted molar refractivity (Wildman–Crippen MR) is 118 cm³/mol. The van der Waals surface area contributed by atoms with Crippen LogP contribution in [0.15, 0.2) is 29.4 Å². The van der Waals surface area contributed by atoms with Crippen molar-refractivity contribution in [1.29, 1.82) is 0 Å². The number of aryl methyl sites for hydroxylation is 1. The molecule has 1 saturated heterocycles. The molecule has 1 aliphatic heterocycles. The fourth-order valence-corrected chi connectivity index (χ4v) is 5.13. The van der Waals surface area contributed by atoms with E-state index < -0.39 is 0 Å². The molecule has 0 aliphatic carbocycles. The molecular formula is C22H29N5OS. The number of carbonyl (C=O) groups is 1. The first-order valence-corrected chi connectivity index (χ1v) is 11.6. The Morgan fingerprint density at radius 3 is 2.86 bits per heavy atom. The van der Waals surface area contributed by atoms with Crippen LogP contribution in [0.1, 0.15) is 52.9 Å². The molecule has 3 aromatic rings. The number of rotatable bonds is 6. The number of carbonyl (C=O) groups excluding carboxylic acids is 1. The van der Waals surface area contributed by atoms with Crippen LogP contribution >= 0.6 is 11.8 Å². The molecule has 1 aromatic carbocycles. The average molecular weight is 412 g/mol. The van der Waals surface area contributed by atoms with Crippen LogP contribution in [0.2, 0.25) is 0 Å². The third kappa shape index (κ3) is 3.84. The van der Waals surface area contributed by atoms with Crippen molar-refractivity contribution in [2.75, 3.05) is 6.54 Å². The van der Waals surface area contributed by atoms with Crippen molar-refractivity contribution < 1.29 is 4.79 Å². The Morgan fingerprint density at radius 2 is 2.07 bits per heavy atom. The number of benzene rings is 1. The highest BCUT2D eigenvalue weighted by Crippen LogP contribution is 2.30. The first-order chi connectivity index (χ1) is 14.1. The molecule has 1 amide bonds. The molecular weight excluding hydrogens is 382 g/mol. The molecule has 2 atom stereocenters. The average Bonchev–Trinajstić information content (AvgIpc) is 3.06. The third-order valence-corrected chi connectivity index (χ3v) is 6.75. The van der Waals surface area contributed by atoms with E-state index in [1.807, 2.05) is 19.1 Å². The number of fused-ring (bicyclic) bond motifs is 3. The van der Waals surface area contributed by atoms with E-state index >= 15 is 0 Å². The summed E-state index contributed by atoms with van der Waals surface area (Å²) in [6, 6.07) is 8.61. The maximum atomic E-state index is 13.1. The monoisotopic (exact) mass is 411 g/mol. The van der Waals surface area contributed by atoms with Crippen LogP contribution < -0.4 is 0 Å². The summed E-state index contributed by atoms with van der Waals surface area (Å²) in [7, 11) is 0. The van der Waals surface area contributed by atoms with Crippen LogP contribution in [0.4, 0.5) is 0 Å². The molecule has 0 radical (unpaired) electrons. The summed E-state index contributed by atoms with van der Waals surface area (Å²) in [6.45, 7) is 8.04. The van der Waals surface area contributed by atoms with E-state index in [2.05, 4.69) is 45.6 Å². The van der Waals surface area contributed by atoms with Crippen molar-refractivity contribution in [3.63, 3.8) is 0 Å². The molecule has 0 N–H and O–H groups in total. The first kappa shape index (κ1) is 20.1. The van der Waals surface area contributed by atoms with Gasteiger partial charge in [-0.05, 0) is 45.1 Å². The van der Waals surface area contributed by atoms with Gasteiger partial charge in [0, 0.05) is 24.5 Å². The Morgan fingerprint density at radius 1 is 1.24 bits per heavy atom. The summed E-state index contributed by atoms with van der Waals surface area (Å²) < 4.78 is 2.22. The lowest BCUT2D eigenvalue weighted by atomic mass is 10.00. The quantitative estimate of drug-likeness (QED) is 0.552. The van der Waals surface area contributed by atoms with Gasteiger partial charge in [-0.2, -0.15) is 0 Å². The second-order valence-corrected chi connectivity index (χ2v) is 9.09. The normalized spacial score (nSPS) is 18.4. The van der Waals surface area contributed by atoms with Crippen LogP contribution in [0.25, 0.3) is 22.1 Å². The van der Waals surface area contributed by atoms with Crippen molar-refractivity contribution in [1.82, 2.24) is 24.6 Å². The van der Waals surface area contributed by atoms with Gasteiger partial charge in [-0.1, -0.05) is 43.8 Å². The van der Waals surface area contributed by atoms with Gasteiger partial charge in [0.15, 0.2) is 5.65 Å². The molecule has 0 spiro atoms. The zero-order valence-corrected chi connectivity index (χ0v) is 18.3. The van der Waals surface area contributed by atoms with Crippen molar-refractivity contribution in [2.45, 2.75) is 75.9 Å². The molecule has 29 heavy (non-hydrogen) atoms. The van der Waals surface area contributed by atoms with Gasteiger partial charge in [0.1, 0.15) is 5.52 Å². The fourth-order valence-electron chi connectivity index (χ4n) is 4.35. The second kappa shape index (κ2) is 8.69. The molecule has 7 heteroatoms. The largest absolute Gasteiger partial charge is 0.339 e. The second-order valence-electron chi connectivity index (χ2n) is 7.78. The lowest BCUT2D eigenvalue weighted by Crippen LogP contribution is -2.46. The molecule has 1 fully saturated rings. The highest BCUT2D eigenvalue weighted by Gasteiger charge is 2.29. The minimum Gasteiger partial charge on any atom is -0.339 e. The molecule has 1 aliphatic rings. The SMILES string of the molecule is CCCn1c2ccccc2c2nnc(SC(C)C(=O)N3CCCCC3CC)nc21. The topological polar surface area (TPSA) is 63.9 Å². The smallest absolute Gasteiger partial charge is 0.236 e. The maximum Gasteiger partial charge on any atom is 0.236 e. The Hall–Kier alpha value is -2.15. The van der Waals surface area contributed by atoms with Crippen LogP contribution in [0.3, 0.4) is 0 Å². The minimum atomic E-state index is -0.217. The molecule has 2 unspecified atom stereocenters. The molecule has 4 rings (SSSR count). The first-order valence-electron chi connectivity index (χ1n) is 10.7. The van der Waals surface area contributed by atoms with Crippen molar-refractivity contribution in [3.05, 3.63) is 24.3 Å². The third-order valence-electron chi connectivity index (χ3n) is 5.81. The molecule has 2 aromatic heterocycles. The van der Waals surface area contributed by atoms with E-state index in [0.29, 0.717) is 11.2 Å². The van der Waals surface area contributed by atoms with Crippen molar-refractivity contribution >= 4 is 39.7 Å². The number of para-hydroxylation sites is 1. The predicted octanol–water partition coefficient (Wildman–Crippen LogP) is 4.66. The number of thioether (sulfide) groups is 1. The van der Waals surface area contributed by atoms with Crippen LogP contribution in [-0.4, -0.2) is 48.4 Å². The van der Waals surface area contributed by atoms with E-state index in [1.165, 1.54) is 18.2 Å².